The SMILES string of the molecule is O=C1C=C[C@@H]2C=C[C@H]1C2. The number of fused-ring (bicyclic) bond motifs is 2. The molecule has 0 aromatic carbocycles. The second-order valence-corrected chi connectivity index (χ2v) is 2.65. The summed E-state index contributed by atoms with van der Waals surface area (Å²) in [7, 11) is 0. The smallest absolute Gasteiger partial charge is 0.162 e. The van der Waals surface area contributed by atoms with Crippen molar-refractivity contribution in [2.24, 2.45) is 11.8 Å². The van der Waals surface area contributed by atoms with E-state index in [1.807, 2.05) is 12.2 Å². The van der Waals surface area contributed by atoms with Crippen molar-refractivity contribution in [3.63, 3.8) is 0 Å². The number of ketones is 1. The van der Waals surface area contributed by atoms with E-state index in [0.29, 0.717) is 5.92 Å². The van der Waals surface area contributed by atoms with Crippen LogP contribution in [-0.2, 0) is 4.79 Å². The second kappa shape index (κ2) is 1.56. The highest BCUT2D eigenvalue weighted by molar-refractivity contribution is 5.94. The fourth-order valence-electron chi connectivity index (χ4n) is 1.42. The van der Waals surface area contributed by atoms with Gasteiger partial charge in [0.1, 0.15) is 0 Å². The standard InChI is InChI=1S/C8H8O/c9-8-4-2-6-1-3-7(8)5-6/h1-4,6-7H,5H2/t6-,7-/m0/s1. The first-order chi connectivity index (χ1) is 4.36. The predicted octanol–water partition coefficient (Wildman–Crippen LogP) is 1.32. The zero-order chi connectivity index (χ0) is 6.27. The number of carbonyl (C=O) groups excluding carboxylic acids is 1. The largest absolute Gasteiger partial charge is 0.294 e. The van der Waals surface area contributed by atoms with Crippen molar-refractivity contribution in [2.45, 2.75) is 6.42 Å². The summed E-state index contributed by atoms with van der Waals surface area (Å²) in [6.45, 7) is 0. The average molecular weight is 120 g/mol. The molecule has 2 aliphatic carbocycles. The molecule has 2 aliphatic rings. The number of hydrogen-bond donors (Lipinski definition) is 0. The van der Waals surface area contributed by atoms with E-state index in [9.17, 15) is 4.79 Å². The van der Waals surface area contributed by atoms with E-state index in [4.69, 9.17) is 0 Å². The molecule has 2 bridgehead atoms. The zero-order valence-electron chi connectivity index (χ0n) is 5.08. The highest BCUT2D eigenvalue weighted by Gasteiger charge is 2.25. The second-order valence-electron chi connectivity index (χ2n) is 2.65. The Kier molecular flexibility index (Phi) is 0.865. The summed E-state index contributed by atoms with van der Waals surface area (Å²) in [5.41, 5.74) is 0. The van der Waals surface area contributed by atoms with Gasteiger partial charge in [0.2, 0.25) is 0 Å². The first kappa shape index (κ1) is 4.98. The minimum atomic E-state index is 0.222. The van der Waals surface area contributed by atoms with Crippen LogP contribution in [0.1, 0.15) is 6.42 Å². The first-order valence-corrected chi connectivity index (χ1v) is 3.26. The lowest BCUT2D eigenvalue weighted by atomic mass is 9.93. The molecule has 9 heavy (non-hydrogen) atoms. The van der Waals surface area contributed by atoms with Gasteiger partial charge < -0.3 is 0 Å². The molecule has 0 aromatic heterocycles. The van der Waals surface area contributed by atoms with Gasteiger partial charge in [-0.25, -0.2) is 0 Å². The van der Waals surface area contributed by atoms with E-state index in [1.54, 1.807) is 6.08 Å². The van der Waals surface area contributed by atoms with Crippen LogP contribution in [0.2, 0.25) is 0 Å². The molecule has 0 N–H and O–H groups in total. The summed E-state index contributed by atoms with van der Waals surface area (Å²) < 4.78 is 0. The lowest BCUT2D eigenvalue weighted by Gasteiger charge is -2.09. The number of hydrogen-bond acceptors (Lipinski definition) is 1. The normalized spacial score (nSPS) is 38.0. The molecule has 0 aliphatic heterocycles. The molecule has 0 aromatic rings. The Morgan fingerprint density at radius 3 is 3.00 bits per heavy atom. The molecule has 2 atom stereocenters. The van der Waals surface area contributed by atoms with Crippen molar-refractivity contribution in [1.29, 1.82) is 0 Å². The number of allylic oxidation sites excluding steroid dienone is 4. The highest BCUT2D eigenvalue weighted by atomic mass is 16.1. The summed E-state index contributed by atoms with van der Waals surface area (Å²) in [5.74, 6) is 1.06. The molecule has 0 heterocycles. The highest BCUT2D eigenvalue weighted by Crippen LogP contribution is 2.29. The van der Waals surface area contributed by atoms with Gasteiger partial charge in [0, 0.05) is 5.92 Å². The third kappa shape index (κ3) is 0.645. The average Bonchev–Trinajstić information content (AvgIpc) is 2.25. The van der Waals surface area contributed by atoms with Gasteiger partial charge in [-0.15, -0.1) is 0 Å². The molecule has 1 nitrogen and oxygen atoms in total. The van der Waals surface area contributed by atoms with E-state index in [0.717, 1.165) is 6.42 Å². The molecule has 0 fully saturated rings. The Morgan fingerprint density at radius 1 is 1.33 bits per heavy atom. The molecule has 0 saturated heterocycles. The first-order valence-electron chi connectivity index (χ1n) is 3.26. The van der Waals surface area contributed by atoms with Gasteiger partial charge in [-0.1, -0.05) is 18.2 Å². The maximum absolute atomic E-state index is 10.9. The maximum Gasteiger partial charge on any atom is 0.162 e. The third-order valence-corrected chi connectivity index (χ3v) is 1.99. The topological polar surface area (TPSA) is 17.1 Å². The van der Waals surface area contributed by atoms with Crippen molar-refractivity contribution < 1.29 is 4.79 Å². The molecule has 0 saturated carbocycles. The zero-order valence-corrected chi connectivity index (χ0v) is 5.08. The van der Waals surface area contributed by atoms with Gasteiger partial charge >= 0.3 is 0 Å². The monoisotopic (exact) mass is 120 g/mol. The molecular formula is C8H8O. The molecular weight excluding hydrogens is 112 g/mol. The van der Waals surface area contributed by atoms with E-state index in [-0.39, 0.29) is 11.7 Å². The Balaban J connectivity index is 2.39. The van der Waals surface area contributed by atoms with Crippen LogP contribution in [0.25, 0.3) is 0 Å². The van der Waals surface area contributed by atoms with E-state index < -0.39 is 0 Å². The summed E-state index contributed by atoms with van der Waals surface area (Å²) in [5, 5.41) is 0. The molecule has 0 spiro atoms. The Bertz CT molecular complexity index is 201. The van der Waals surface area contributed by atoms with Crippen LogP contribution >= 0.6 is 0 Å². The predicted molar refractivity (Wildman–Crippen MR) is 34.9 cm³/mol. The van der Waals surface area contributed by atoms with E-state index >= 15 is 0 Å². The molecule has 2 rings (SSSR count). The lowest BCUT2D eigenvalue weighted by molar-refractivity contribution is -0.117. The van der Waals surface area contributed by atoms with Crippen LogP contribution in [0, 0.1) is 11.8 Å². The van der Waals surface area contributed by atoms with Gasteiger partial charge in [0.05, 0.1) is 0 Å². The number of rotatable bonds is 0. The van der Waals surface area contributed by atoms with Crippen LogP contribution in [-0.4, -0.2) is 5.78 Å². The summed E-state index contributed by atoms with van der Waals surface area (Å²) in [6.07, 6.45) is 8.86. The maximum atomic E-state index is 10.9. The number of carbonyl (C=O) groups is 1. The fraction of sp³-hybridized carbons (Fsp3) is 0.375. The third-order valence-electron chi connectivity index (χ3n) is 1.99. The summed E-state index contributed by atoms with van der Waals surface area (Å²) in [4.78, 5) is 10.9. The minimum Gasteiger partial charge on any atom is -0.294 e. The molecule has 1 heteroatoms. The van der Waals surface area contributed by atoms with E-state index in [2.05, 4.69) is 6.08 Å². The van der Waals surface area contributed by atoms with Crippen molar-refractivity contribution >= 4 is 5.78 Å². The van der Waals surface area contributed by atoms with Crippen molar-refractivity contribution in [3.8, 4) is 0 Å². The van der Waals surface area contributed by atoms with Crippen molar-refractivity contribution in [1.82, 2.24) is 0 Å². The molecule has 0 unspecified atom stereocenters. The summed E-state index contributed by atoms with van der Waals surface area (Å²) in [6, 6.07) is 0. The Labute approximate surface area is 54.1 Å². The van der Waals surface area contributed by atoms with Crippen LogP contribution < -0.4 is 0 Å². The van der Waals surface area contributed by atoms with Crippen molar-refractivity contribution in [3.05, 3.63) is 24.3 Å². The lowest BCUT2D eigenvalue weighted by Crippen LogP contribution is -2.11. The van der Waals surface area contributed by atoms with Gasteiger partial charge in [-0.2, -0.15) is 0 Å². The Morgan fingerprint density at radius 2 is 2.22 bits per heavy atom. The molecule has 46 valence electrons. The van der Waals surface area contributed by atoms with Gasteiger partial charge in [-0.05, 0) is 18.4 Å². The Hall–Kier alpha value is -0.850. The quantitative estimate of drug-likeness (QED) is 0.440. The van der Waals surface area contributed by atoms with Crippen LogP contribution in [0.15, 0.2) is 24.3 Å². The summed E-state index contributed by atoms with van der Waals surface area (Å²) >= 11 is 0. The molecule has 0 amide bonds. The van der Waals surface area contributed by atoms with E-state index in [1.165, 1.54) is 0 Å². The minimum absolute atomic E-state index is 0.222. The van der Waals surface area contributed by atoms with Gasteiger partial charge in [-0.3, -0.25) is 4.79 Å². The molecule has 0 radical (unpaired) electrons. The van der Waals surface area contributed by atoms with Crippen LogP contribution in [0.4, 0.5) is 0 Å². The van der Waals surface area contributed by atoms with Crippen LogP contribution in [0.5, 0.6) is 0 Å². The van der Waals surface area contributed by atoms with Gasteiger partial charge in [0.15, 0.2) is 5.78 Å². The fourth-order valence-corrected chi connectivity index (χ4v) is 1.42. The van der Waals surface area contributed by atoms with Crippen LogP contribution in [0.3, 0.4) is 0 Å². The van der Waals surface area contributed by atoms with Gasteiger partial charge in [0.25, 0.3) is 0 Å². The van der Waals surface area contributed by atoms with Crippen molar-refractivity contribution in [2.75, 3.05) is 0 Å².